The maximum Gasteiger partial charge on any atom is 0.234 e. The van der Waals surface area contributed by atoms with Gasteiger partial charge in [-0.15, -0.1) is 0 Å². The Balaban J connectivity index is 3.99. The van der Waals surface area contributed by atoms with E-state index in [9.17, 15) is 9.59 Å². The van der Waals surface area contributed by atoms with Crippen molar-refractivity contribution < 1.29 is 9.59 Å². The lowest BCUT2D eigenvalue weighted by atomic mass is 9.77. The van der Waals surface area contributed by atoms with Gasteiger partial charge in [-0.25, -0.2) is 19.6 Å². The highest BCUT2D eigenvalue weighted by Gasteiger charge is 2.24. The fourth-order valence-electron chi connectivity index (χ4n) is 1.30. The highest BCUT2D eigenvalue weighted by molar-refractivity contribution is 5.33. The van der Waals surface area contributed by atoms with E-state index < -0.39 is 0 Å². The Bertz CT molecular complexity index is 274. The van der Waals surface area contributed by atoms with Gasteiger partial charge in [-0.1, -0.05) is 20.8 Å². The molecule has 0 bridgehead atoms. The van der Waals surface area contributed by atoms with Crippen LogP contribution in [0.1, 0.15) is 33.6 Å². The predicted molar refractivity (Wildman–Crippen MR) is 58.2 cm³/mol. The SMILES string of the molecule is CC(CCCN=C=O)C(C)(C)CN=C=O. The van der Waals surface area contributed by atoms with Gasteiger partial charge in [-0.3, -0.25) is 0 Å². The van der Waals surface area contributed by atoms with Crippen molar-refractivity contribution in [1.29, 1.82) is 0 Å². The monoisotopic (exact) mass is 210 g/mol. The Labute approximate surface area is 90.5 Å². The van der Waals surface area contributed by atoms with Crippen molar-refractivity contribution in [2.24, 2.45) is 21.3 Å². The van der Waals surface area contributed by atoms with Crippen molar-refractivity contribution in [3.63, 3.8) is 0 Å². The zero-order valence-corrected chi connectivity index (χ0v) is 9.62. The number of nitrogens with zero attached hydrogens (tertiary/aromatic N) is 2. The van der Waals surface area contributed by atoms with Crippen LogP contribution < -0.4 is 0 Å². The van der Waals surface area contributed by atoms with Crippen molar-refractivity contribution in [2.45, 2.75) is 33.6 Å². The van der Waals surface area contributed by atoms with Gasteiger partial charge in [0.2, 0.25) is 12.2 Å². The van der Waals surface area contributed by atoms with E-state index in [2.05, 4.69) is 30.8 Å². The summed E-state index contributed by atoms with van der Waals surface area (Å²) in [6.45, 7) is 7.28. The maximum absolute atomic E-state index is 10.0. The molecule has 84 valence electrons. The van der Waals surface area contributed by atoms with Crippen LogP contribution in [0.2, 0.25) is 0 Å². The Morgan fingerprint density at radius 3 is 2.33 bits per heavy atom. The molecule has 15 heavy (non-hydrogen) atoms. The highest BCUT2D eigenvalue weighted by Crippen LogP contribution is 2.30. The Morgan fingerprint density at radius 1 is 1.20 bits per heavy atom. The lowest BCUT2D eigenvalue weighted by Gasteiger charge is -2.29. The van der Waals surface area contributed by atoms with Crippen molar-refractivity contribution in [3.8, 4) is 0 Å². The smallest absolute Gasteiger partial charge is 0.211 e. The number of aliphatic imine (C=N–C) groups is 2. The molecule has 4 heteroatoms. The molecule has 0 aliphatic carbocycles. The minimum atomic E-state index is -0.0116. The van der Waals surface area contributed by atoms with Crippen LogP contribution in [-0.2, 0) is 9.59 Å². The Kier molecular flexibility index (Phi) is 6.52. The molecule has 0 aromatic rings. The van der Waals surface area contributed by atoms with Crippen LogP contribution in [0.25, 0.3) is 0 Å². The van der Waals surface area contributed by atoms with Gasteiger partial charge >= 0.3 is 0 Å². The third-order valence-corrected chi connectivity index (χ3v) is 2.86. The average Bonchev–Trinajstić information content (AvgIpc) is 2.21. The number of isocyanates is 2. The second-order valence-corrected chi connectivity index (χ2v) is 4.41. The van der Waals surface area contributed by atoms with Crippen LogP contribution in [0.5, 0.6) is 0 Å². The average molecular weight is 210 g/mol. The molecule has 0 heterocycles. The summed E-state index contributed by atoms with van der Waals surface area (Å²) in [4.78, 5) is 27.0. The molecule has 0 aliphatic rings. The molecule has 0 fully saturated rings. The van der Waals surface area contributed by atoms with E-state index in [1.54, 1.807) is 6.08 Å². The van der Waals surface area contributed by atoms with Crippen molar-refractivity contribution in [1.82, 2.24) is 0 Å². The summed E-state index contributed by atoms with van der Waals surface area (Å²) >= 11 is 0. The van der Waals surface area contributed by atoms with Crippen molar-refractivity contribution in [2.75, 3.05) is 13.1 Å². The van der Waals surface area contributed by atoms with Gasteiger partial charge in [0, 0.05) is 0 Å². The number of carbonyl (C=O) groups excluding carboxylic acids is 2. The van der Waals surface area contributed by atoms with Crippen molar-refractivity contribution in [3.05, 3.63) is 0 Å². The van der Waals surface area contributed by atoms with Crippen LogP contribution in [0.4, 0.5) is 0 Å². The molecule has 0 amide bonds. The van der Waals surface area contributed by atoms with Gasteiger partial charge in [-0.2, -0.15) is 0 Å². The first-order valence-corrected chi connectivity index (χ1v) is 5.12. The summed E-state index contributed by atoms with van der Waals surface area (Å²) < 4.78 is 0. The van der Waals surface area contributed by atoms with Gasteiger partial charge in [0.15, 0.2) is 0 Å². The van der Waals surface area contributed by atoms with Gasteiger partial charge in [0.25, 0.3) is 0 Å². The normalized spacial score (nSPS) is 12.5. The van der Waals surface area contributed by atoms with Crippen LogP contribution in [0.3, 0.4) is 0 Å². The molecule has 0 saturated carbocycles. The minimum Gasteiger partial charge on any atom is -0.211 e. The Morgan fingerprint density at radius 2 is 1.80 bits per heavy atom. The summed E-state index contributed by atoms with van der Waals surface area (Å²) in [6.07, 6.45) is 4.91. The zero-order chi connectivity index (χ0) is 11.7. The standard InChI is InChI=1S/C11H18N2O2/c1-10(5-4-6-12-8-14)11(2,3)7-13-9-15/h10H,4-7H2,1-3H3. The fourth-order valence-corrected chi connectivity index (χ4v) is 1.30. The summed E-state index contributed by atoms with van der Waals surface area (Å²) in [5.74, 6) is 0.427. The Hall–Kier alpha value is -1.24. The van der Waals surface area contributed by atoms with E-state index in [0.29, 0.717) is 19.0 Å². The lowest BCUT2D eigenvalue weighted by molar-refractivity contribution is 0.226. The molecule has 1 unspecified atom stereocenters. The molecule has 1 atom stereocenters. The summed E-state index contributed by atoms with van der Waals surface area (Å²) in [5.41, 5.74) is -0.0116. The van der Waals surface area contributed by atoms with E-state index in [1.165, 1.54) is 6.08 Å². The third-order valence-electron chi connectivity index (χ3n) is 2.86. The number of rotatable bonds is 7. The summed E-state index contributed by atoms with van der Waals surface area (Å²) in [6, 6.07) is 0. The maximum atomic E-state index is 10.0. The van der Waals surface area contributed by atoms with Gasteiger partial charge in [0.05, 0.1) is 13.1 Å². The van der Waals surface area contributed by atoms with Crippen LogP contribution >= 0.6 is 0 Å². The second-order valence-electron chi connectivity index (χ2n) is 4.41. The van der Waals surface area contributed by atoms with E-state index in [1.807, 2.05) is 0 Å². The number of hydrogen-bond acceptors (Lipinski definition) is 4. The van der Waals surface area contributed by atoms with Crippen molar-refractivity contribution >= 4 is 12.2 Å². The van der Waals surface area contributed by atoms with E-state index in [4.69, 9.17) is 0 Å². The van der Waals surface area contributed by atoms with Gasteiger partial charge in [0.1, 0.15) is 0 Å². The predicted octanol–water partition coefficient (Wildman–Crippen LogP) is 2.10. The molecule has 0 radical (unpaired) electrons. The molecule has 0 N–H and O–H groups in total. The first-order valence-electron chi connectivity index (χ1n) is 5.12. The van der Waals surface area contributed by atoms with Gasteiger partial charge < -0.3 is 0 Å². The van der Waals surface area contributed by atoms with Crippen LogP contribution in [-0.4, -0.2) is 25.2 Å². The topological polar surface area (TPSA) is 58.9 Å². The second kappa shape index (κ2) is 7.10. The summed E-state index contributed by atoms with van der Waals surface area (Å²) in [7, 11) is 0. The molecule has 0 aliphatic heterocycles. The minimum absolute atomic E-state index is 0.0116. The molecule has 0 rings (SSSR count). The van der Waals surface area contributed by atoms with Gasteiger partial charge in [-0.05, 0) is 24.2 Å². The first kappa shape index (κ1) is 13.8. The molecular weight excluding hydrogens is 192 g/mol. The van der Waals surface area contributed by atoms with E-state index >= 15 is 0 Å². The largest absolute Gasteiger partial charge is 0.234 e. The van der Waals surface area contributed by atoms with E-state index in [-0.39, 0.29) is 5.41 Å². The third kappa shape index (κ3) is 5.95. The molecule has 0 saturated heterocycles. The van der Waals surface area contributed by atoms with Crippen LogP contribution in [0.15, 0.2) is 9.98 Å². The first-order chi connectivity index (χ1) is 7.04. The quantitative estimate of drug-likeness (QED) is 0.367. The summed E-state index contributed by atoms with van der Waals surface area (Å²) in [5, 5.41) is 0. The number of hydrogen-bond donors (Lipinski definition) is 0. The molecular formula is C11H18N2O2. The fraction of sp³-hybridized carbons (Fsp3) is 0.818. The molecule has 0 aromatic heterocycles. The lowest BCUT2D eigenvalue weighted by Crippen LogP contribution is -2.25. The molecule has 4 nitrogen and oxygen atoms in total. The molecule has 0 spiro atoms. The molecule has 0 aromatic carbocycles. The van der Waals surface area contributed by atoms with Crippen LogP contribution in [0, 0.1) is 11.3 Å². The zero-order valence-electron chi connectivity index (χ0n) is 9.62. The highest BCUT2D eigenvalue weighted by atomic mass is 16.1. The van der Waals surface area contributed by atoms with E-state index in [0.717, 1.165) is 12.8 Å².